The maximum absolute atomic E-state index is 7.87. The molecule has 4 heteroatoms. The van der Waals surface area contributed by atoms with Crippen LogP contribution in [0.5, 0.6) is 0 Å². The van der Waals surface area contributed by atoms with Crippen molar-refractivity contribution in [1.29, 1.82) is 0 Å². The largest absolute Gasteiger partial charge is 0.468 e. The highest BCUT2D eigenvalue weighted by atomic mass is 16.3. The lowest BCUT2D eigenvalue weighted by Gasteiger charge is -2.48. The van der Waals surface area contributed by atoms with Crippen LogP contribution in [0, 0.1) is 13.8 Å². The molecule has 3 heterocycles. The molecule has 0 saturated carbocycles. The van der Waals surface area contributed by atoms with Gasteiger partial charge in [0.15, 0.2) is 0 Å². The molecule has 12 rings (SSSR count). The molecule has 3 nitrogen and oxygen atoms in total. The Balaban J connectivity index is 1.27. The van der Waals surface area contributed by atoms with E-state index in [-0.39, 0.29) is 55.4 Å². The molecule has 4 aliphatic carbocycles. The van der Waals surface area contributed by atoms with E-state index in [1.807, 2.05) is 0 Å². The fraction of sp³-hybridized carbons (Fsp3) is 0.543. The molecule has 0 unspecified atom stereocenters. The van der Waals surface area contributed by atoms with Crippen LogP contribution in [-0.2, 0) is 48.7 Å². The van der Waals surface area contributed by atoms with Crippen molar-refractivity contribution < 1.29 is 4.42 Å². The Labute approximate surface area is 447 Å². The average molecular weight is 985 g/mol. The van der Waals surface area contributed by atoms with Crippen LogP contribution in [-0.4, -0.2) is 6.71 Å². The van der Waals surface area contributed by atoms with Crippen molar-refractivity contribution in [3.8, 4) is 0 Å². The van der Waals surface area contributed by atoms with E-state index in [4.69, 9.17) is 4.42 Å². The van der Waals surface area contributed by atoms with Crippen LogP contribution in [0.2, 0.25) is 0 Å². The molecule has 0 atom stereocenters. The molecule has 0 fully saturated rings. The van der Waals surface area contributed by atoms with Gasteiger partial charge in [0.1, 0.15) is 5.58 Å². The van der Waals surface area contributed by atoms with Gasteiger partial charge in [0.25, 0.3) is 6.71 Å². The zero-order valence-corrected chi connectivity index (χ0v) is 49.8. The highest BCUT2D eigenvalue weighted by Crippen LogP contribution is 2.57. The Morgan fingerprint density at radius 3 is 1.15 bits per heavy atom. The van der Waals surface area contributed by atoms with Gasteiger partial charge in [0.2, 0.25) is 0 Å². The van der Waals surface area contributed by atoms with Gasteiger partial charge in [0.05, 0.1) is 11.3 Å². The number of benzene rings is 5. The molecule has 74 heavy (non-hydrogen) atoms. The molecule has 0 spiro atoms. The van der Waals surface area contributed by atoms with Crippen molar-refractivity contribution in [2.75, 3.05) is 9.80 Å². The predicted octanol–water partition coefficient (Wildman–Crippen LogP) is 17.8. The summed E-state index contributed by atoms with van der Waals surface area (Å²) in [5, 5.41) is 1.24. The lowest BCUT2D eigenvalue weighted by atomic mass is 9.35. The summed E-state index contributed by atoms with van der Waals surface area (Å²) in [6.07, 6.45) is 9.39. The van der Waals surface area contributed by atoms with Crippen LogP contribution in [0.4, 0.5) is 34.1 Å². The van der Waals surface area contributed by atoms with Crippen LogP contribution in [0.15, 0.2) is 65.1 Å². The van der Waals surface area contributed by atoms with Crippen molar-refractivity contribution in [3.63, 3.8) is 0 Å². The maximum atomic E-state index is 7.87. The lowest BCUT2D eigenvalue weighted by molar-refractivity contribution is 0.331. The van der Waals surface area contributed by atoms with Crippen molar-refractivity contribution in [1.82, 2.24) is 0 Å². The van der Waals surface area contributed by atoms with Gasteiger partial charge in [0, 0.05) is 33.8 Å². The Hall–Kier alpha value is -4.70. The Morgan fingerprint density at radius 1 is 0.392 bits per heavy atom. The third-order valence-corrected chi connectivity index (χ3v) is 21.3. The number of rotatable bonds is 2. The van der Waals surface area contributed by atoms with Gasteiger partial charge >= 0.3 is 0 Å². The standard InChI is InChI=1S/C70H89BN2O/c1-40-30-44-48(67(14,15)26-22-63(44,6)7)36-53(40)72-55-38-50-47(66(12,13)25-28-69(50,18)19)35-52(55)71-59-56(72)32-42(62(3,4)5)33-57(59)73(54-37-49-45(31-41(54)2)64(8,9)23-27-68(49,16)17)60-43-34-46-51(39-58(43)74-61(60)71)70(20,21)29-24-65(46,10)11/h30-39H,22-29H2,1-21H3. The van der Waals surface area contributed by atoms with Gasteiger partial charge in [-0.25, -0.2) is 0 Å². The summed E-state index contributed by atoms with van der Waals surface area (Å²) < 4.78 is 7.87. The van der Waals surface area contributed by atoms with Gasteiger partial charge in [-0.3, -0.25) is 0 Å². The SMILES string of the molecule is Cc1cc2c(cc1N1c3cc4c(cc3B3c5oc6cc7c(cc6c5N(c5cc6c(cc5C)C(C)(C)CCC6(C)C)c5cc(C(C)(C)C)cc1c53)C(C)(C)CCC7(C)C)C(C)(C)CCC4(C)C)C(C)(C)CCC2(C)C. The Bertz CT molecular complexity index is 3430. The molecule has 0 radical (unpaired) electrons. The van der Waals surface area contributed by atoms with Gasteiger partial charge in [-0.2, -0.15) is 0 Å². The van der Waals surface area contributed by atoms with Crippen molar-refractivity contribution in [2.24, 2.45) is 0 Å². The first-order valence-electron chi connectivity index (χ1n) is 29.0. The quantitative estimate of drug-likeness (QED) is 0.161. The molecule has 0 bridgehead atoms. The van der Waals surface area contributed by atoms with Crippen LogP contribution in [0.3, 0.4) is 0 Å². The van der Waals surface area contributed by atoms with E-state index in [0.29, 0.717) is 0 Å². The van der Waals surface area contributed by atoms with Crippen LogP contribution in [0.25, 0.3) is 11.0 Å². The molecule has 2 aliphatic heterocycles. The molecular formula is C70H89BN2O. The van der Waals surface area contributed by atoms with E-state index in [1.54, 1.807) is 0 Å². The van der Waals surface area contributed by atoms with Gasteiger partial charge in [-0.15, -0.1) is 0 Å². The summed E-state index contributed by atoms with van der Waals surface area (Å²) in [4.78, 5) is 5.51. The molecule has 388 valence electrons. The zero-order chi connectivity index (χ0) is 53.4. The number of hydrogen-bond acceptors (Lipinski definition) is 3. The minimum atomic E-state index is -0.137. The number of nitrogens with zero attached hydrogens (tertiary/aromatic N) is 2. The van der Waals surface area contributed by atoms with Crippen LogP contribution < -0.4 is 26.4 Å². The molecule has 0 amide bonds. The smallest absolute Gasteiger partial charge is 0.297 e. The zero-order valence-electron chi connectivity index (χ0n) is 49.8. The fourth-order valence-corrected chi connectivity index (χ4v) is 15.4. The molecule has 0 saturated heterocycles. The van der Waals surface area contributed by atoms with E-state index in [2.05, 4.69) is 216 Å². The normalized spacial score (nSPS) is 22.5. The van der Waals surface area contributed by atoms with E-state index in [1.165, 1.54) is 144 Å². The van der Waals surface area contributed by atoms with Crippen molar-refractivity contribution in [2.45, 2.75) is 245 Å². The molecule has 1 aromatic heterocycles. The van der Waals surface area contributed by atoms with Crippen molar-refractivity contribution in [3.05, 3.63) is 122 Å². The van der Waals surface area contributed by atoms with Crippen LogP contribution in [0.1, 0.15) is 244 Å². The molecule has 6 aliphatic rings. The number of anilines is 6. The molecule has 0 N–H and O–H groups in total. The Morgan fingerprint density at radius 2 is 0.730 bits per heavy atom. The second-order valence-electron chi connectivity index (χ2n) is 31.4. The van der Waals surface area contributed by atoms with E-state index in [9.17, 15) is 0 Å². The lowest BCUT2D eigenvalue weighted by Crippen LogP contribution is -2.61. The first kappa shape index (κ1) is 50.1. The molecule has 6 aromatic rings. The number of aryl methyl sites for hydroxylation is 2. The first-order valence-corrected chi connectivity index (χ1v) is 29.0. The summed E-state index contributed by atoms with van der Waals surface area (Å²) in [6, 6.07) is 26.2. The fourth-order valence-electron chi connectivity index (χ4n) is 15.4. The monoisotopic (exact) mass is 985 g/mol. The second-order valence-corrected chi connectivity index (χ2v) is 31.4. The van der Waals surface area contributed by atoms with Gasteiger partial charge in [-0.05, 0) is 229 Å². The summed E-state index contributed by atoms with van der Waals surface area (Å²) in [7, 11) is 0. The minimum Gasteiger partial charge on any atom is -0.468 e. The van der Waals surface area contributed by atoms with E-state index in [0.717, 1.165) is 30.5 Å². The number of hydrogen-bond donors (Lipinski definition) is 0. The first-order chi connectivity index (χ1) is 34.1. The van der Waals surface area contributed by atoms with E-state index < -0.39 is 0 Å². The third kappa shape index (κ3) is 7.02. The van der Waals surface area contributed by atoms with E-state index >= 15 is 0 Å². The Kier molecular flexibility index (Phi) is 10.2. The summed E-state index contributed by atoms with van der Waals surface area (Å²) in [6.45, 7) is 51.7. The summed E-state index contributed by atoms with van der Waals surface area (Å²) >= 11 is 0. The van der Waals surface area contributed by atoms with Gasteiger partial charge in [-0.1, -0.05) is 150 Å². The minimum absolute atomic E-state index is 0.0235. The average Bonchev–Trinajstić information content (AvgIpc) is 3.68. The second kappa shape index (κ2) is 15.1. The summed E-state index contributed by atoms with van der Waals surface area (Å²) in [5.41, 5.74) is 28.8. The third-order valence-electron chi connectivity index (χ3n) is 21.3. The van der Waals surface area contributed by atoms with Gasteiger partial charge < -0.3 is 14.2 Å². The topological polar surface area (TPSA) is 19.6 Å². The summed E-state index contributed by atoms with van der Waals surface area (Å²) in [5.74, 6) is 0. The predicted molar refractivity (Wildman–Crippen MR) is 320 cm³/mol. The maximum Gasteiger partial charge on any atom is 0.297 e. The molecular weight excluding hydrogens is 896 g/mol. The molecule has 5 aromatic carbocycles. The van der Waals surface area contributed by atoms with Crippen molar-refractivity contribution >= 4 is 68.4 Å². The number of furan rings is 1. The van der Waals surface area contributed by atoms with Crippen LogP contribution >= 0.6 is 0 Å². The highest BCUT2D eigenvalue weighted by Gasteiger charge is 2.51. The highest BCUT2D eigenvalue weighted by molar-refractivity contribution is 7.00. The number of fused-ring (bicyclic) bond motifs is 10.